The van der Waals surface area contributed by atoms with Gasteiger partial charge < -0.3 is 4.90 Å². The third-order valence-corrected chi connectivity index (χ3v) is 4.19. The second-order valence-electron chi connectivity index (χ2n) is 4.64. The molecule has 92 valence electrons. The molecule has 1 saturated heterocycles. The molecule has 1 aliphatic rings. The first kappa shape index (κ1) is 12.3. The lowest BCUT2D eigenvalue weighted by atomic mass is 9.99. The Bertz CT molecular complexity index is 438. The SMILES string of the molecule is Cc1ccc(C(=O)CN2CCCC(C)C2=O)s1. The molecule has 2 heterocycles. The highest BCUT2D eigenvalue weighted by atomic mass is 32.1. The molecule has 0 aromatic carbocycles. The van der Waals surface area contributed by atoms with Gasteiger partial charge in [0.15, 0.2) is 5.78 Å². The van der Waals surface area contributed by atoms with Crippen LogP contribution in [0, 0.1) is 12.8 Å². The van der Waals surface area contributed by atoms with E-state index in [2.05, 4.69) is 0 Å². The zero-order valence-corrected chi connectivity index (χ0v) is 11.0. The van der Waals surface area contributed by atoms with E-state index in [0.29, 0.717) is 0 Å². The summed E-state index contributed by atoms with van der Waals surface area (Å²) in [6, 6.07) is 3.79. The van der Waals surface area contributed by atoms with Gasteiger partial charge in [0.05, 0.1) is 11.4 Å². The fourth-order valence-electron chi connectivity index (χ4n) is 2.13. The Kier molecular flexibility index (Phi) is 3.62. The molecule has 1 aliphatic heterocycles. The lowest BCUT2D eigenvalue weighted by Gasteiger charge is -2.29. The van der Waals surface area contributed by atoms with Crippen LogP contribution >= 0.6 is 11.3 Å². The molecule has 3 nitrogen and oxygen atoms in total. The third kappa shape index (κ3) is 2.75. The van der Waals surface area contributed by atoms with Crippen molar-refractivity contribution in [1.29, 1.82) is 0 Å². The van der Waals surface area contributed by atoms with Crippen LogP contribution < -0.4 is 0 Å². The predicted molar refractivity (Wildman–Crippen MR) is 68.4 cm³/mol. The molecule has 2 rings (SSSR count). The van der Waals surface area contributed by atoms with E-state index in [1.165, 1.54) is 11.3 Å². The molecule has 0 bridgehead atoms. The zero-order valence-electron chi connectivity index (χ0n) is 10.2. The van der Waals surface area contributed by atoms with E-state index < -0.39 is 0 Å². The summed E-state index contributed by atoms with van der Waals surface area (Å²) in [7, 11) is 0. The topological polar surface area (TPSA) is 37.4 Å². The molecule has 1 fully saturated rings. The number of thiophene rings is 1. The summed E-state index contributed by atoms with van der Waals surface area (Å²) in [5, 5.41) is 0. The van der Waals surface area contributed by atoms with Crippen LogP contribution in [0.3, 0.4) is 0 Å². The van der Waals surface area contributed by atoms with Crippen LogP contribution in [0.25, 0.3) is 0 Å². The maximum Gasteiger partial charge on any atom is 0.225 e. The fourth-order valence-corrected chi connectivity index (χ4v) is 2.92. The molecule has 0 aliphatic carbocycles. The number of Topliss-reactive ketones (excluding diaryl/α,β-unsaturated/α-hetero) is 1. The molecule has 0 spiro atoms. The van der Waals surface area contributed by atoms with Gasteiger partial charge in [-0.15, -0.1) is 11.3 Å². The van der Waals surface area contributed by atoms with Gasteiger partial charge in [-0.1, -0.05) is 6.92 Å². The quantitative estimate of drug-likeness (QED) is 0.774. The highest BCUT2D eigenvalue weighted by molar-refractivity contribution is 7.14. The van der Waals surface area contributed by atoms with Gasteiger partial charge >= 0.3 is 0 Å². The summed E-state index contributed by atoms with van der Waals surface area (Å²) in [4.78, 5) is 27.5. The maximum absolute atomic E-state index is 12.0. The van der Waals surface area contributed by atoms with Crippen molar-refractivity contribution in [3.05, 3.63) is 21.9 Å². The van der Waals surface area contributed by atoms with Crippen LogP contribution in [-0.4, -0.2) is 29.7 Å². The summed E-state index contributed by atoms with van der Waals surface area (Å²) in [6.45, 7) is 4.88. The molecule has 1 aromatic heterocycles. The third-order valence-electron chi connectivity index (χ3n) is 3.15. The highest BCUT2D eigenvalue weighted by Gasteiger charge is 2.26. The van der Waals surface area contributed by atoms with E-state index in [0.717, 1.165) is 29.1 Å². The van der Waals surface area contributed by atoms with E-state index in [9.17, 15) is 9.59 Å². The first-order valence-corrected chi connectivity index (χ1v) is 6.78. The summed E-state index contributed by atoms with van der Waals surface area (Å²) in [6.07, 6.45) is 1.95. The van der Waals surface area contributed by atoms with Crippen molar-refractivity contribution in [2.45, 2.75) is 26.7 Å². The number of aryl methyl sites for hydroxylation is 1. The Morgan fingerprint density at radius 1 is 1.53 bits per heavy atom. The number of carbonyl (C=O) groups excluding carboxylic acids is 2. The normalized spacial score (nSPS) is 20.7. The number of ketones is 1. The first-order valence-electron chi connectivity index (χ1n) is 5.96. The van der Waals surface area contributed by atoms with Crippen LogP contribution in [0.4, 0.5) is 0 Å². The van der Waals surface area contributed by atoms with E-state index >= 15 is 0 Å². The summed E-state index contributed by atoms with van der Waals surface area (Å²) < 4.78 is 0. The number of rotatable bonds is 3. The van der Waals surface area contributed by atoms with E-state index in [-0.39, 0.29) is 24.2 Å². The highest BCUT2D eigenvalue weighted by Crippen LogP contribution is 2.20. The van der Waals surface area contributed by atoms with Gasteiger partial charge in [0, 0.05) is 17.3 Å². The minimum absolute atomic E-state index is 0.0607. The van der Waals surface area contributed by atoms with Gasteiger partial charge in [0.25, 0.3) is 0 Å². The first-order chi connectivity index (χ1) is 8.08. The van der Waals surface area contributed by atoms with Crippen LogP contribution in [0.5, 0.6) is 0 Å². The molecule has 0 radical (unpaired) electrons. The monoisotopic (exact) mass is 251 g/mol. The Morgan fingerprint density at radius 2 is 2.29 bits per heavy atom. The number of nitrogens with zero attached hydrogens (tertiary/aromatic N) is 1. The van der Waals surface area contributed by atoms with Gasteiger partial charge in [-0.3, -0.25) is 9.59 Å². The van der Waals surface area contributed by atoms with Crippen molar-refractivity contribution in [3.8, 4) is 0 Å². The van der Waals surface area contributed by atoms with Crippen LogP contribution in [-0.2, 0) is 4.79 Å². The minimum atomic E-state index is 0.0607. The molecule has 0 N–H and O–H groups in total. The average Bonchev–Trinajstić information content (AvgIpc) is 2.72. The number of piperidine rings is 1. The van der Waals surface area contributed by atoms with E-state index in [1.54, 1.807) is 4.90 Å². The van der Waals surface area contributed by atoms with Crippen molar-refractivity contribution in [2.75, 3.05) is 13.1 Å². The van der Waals surface area contributed by atoms with Gasteiger partial charge in [-0.2, -0.15) is 0 Å². The Labute approximate surface area is 105 Å². The molecular formula is C13H17NO2S. The van der Waals surface area contributed by atoms with Crippen molar-refractivity contribution in [1.82, 2.24) is 4.90 Å². The number of hydrogen-bond acceptors (Lipinski definition) is 3. The summed E-state index contributed by atoms with van der Waals surface area (Å²) >= 11 is 1.50. The van der Waals surface area contributed by atoms with Crippen LogP contribution in [0.15, 0.2) is 12.1 Å². The molecule has 1 aromatic rings. The standard InChI is InChI=1S/C13H17NO2S/c1-9-4-3-7-14(13(9)16)8-11(15)12-6-5-10(2)17-12/h5-6,9H,3-4,7-8H2,1-2H3. The molecular weight excluding hydrogens is 234 g/mol. The largest absolute Gasteiger partial charge is 0.335 e. The second kappa shape index (κ2) is 5.00. The maximum atomic E-state index is 12.0. The fraction of sp³-hybridized carbons (Fsp3) is 0.538. The van der Waals surface area contributed by atoms with Gasteiger partial charge in [-0.05, 0) is 31.9 Å². The van der Waals surface area contributed by atoms with Crippen molar-refractivity contribution in [3.63, 3.8) is 0 Å². The molecule has 1 atom stereocenters. The predicted octanol–water partition coefficient (Wildman–Crippen LogP) is 2.50. The lowest BCUT2D eigenvalue weighted by molar-refractivity contribution is -0.137. The van der Waals surface area contributed by atoms with Gasteiger partial charge in [0.2, 0.25) is 5.91 Å². The van der Waals surface area contributed by atoms with Crippen molar-refractivity contribution < 1.29 is 9.59 Å². The zero-order chi connectivity index (χ0) is 12.4. The average molecular weight is 251 g/mol. The smallest absolute Gasteiger partial charge is 0.225 e. The Balaban J connectivity index is 2.01. The number of hydrogen-bond donors (Lipinski definition) is 0. The second-order valence-corrected chi connectivity index (χ2v) is 5.92. The number of likely N-dealkylation sites (tertiary alicyclic amines) is 1. The number of amides is 1. The van der Waals surface area contributed by atoms with Crippen molar-refractivity contribution >= 4 is 23.0 Å². The van der Waals surface area contributed by atoms with Crippen LogP contribution in [0.1, 0.15) is 34.3 Å². The molecule has 4 heteroatoms. The van der Waals surface area contributed by atoms with Crippen LogP contribution in [0.2, 0.25) is 0 Å². The van der Waals surface area contributed by atoms with Crippen molar-refractivity contribution in [2.24, 2.45) is 5.92 Å². The van der Waals surface area contributed by atoms with E-state index in [1.807, 2.05) is 26.0 Å². The minimum Gasteiger partial charge on any atom is -0.335 e. The Hall–Kier alpha value is -1.16. The molecule has 1 unspecified atom stereocenters. The summed E-state index contributed by atoms with van der Waals surface area (Å²) in [5.41, 5.74) is 0. The molecule has 17 heavy (non-hydrogen) atoms. The van der Waals surface area contributed by atoms with Gasteiger partial charge in [-0.25, -0.2) is 0 Å². The number of carbonyl (C=O) groups is 2. The van der Waals surface area contributed by atoms with E-state index in [4.69, 9.17) is 0 Å². The molecule has 1 amide bonds. The lowest BCUT2D eigenvalue weighted by Crippen LogP contribution is -2.42. The summed E-state index contributed by atoms with van der Waals surface area (Å²) in [5.74, 6) is 0.255. The van der Waals surface area contributed by atoms with Gasteiger partial charge in [0.1, 0.15) is 0 Å². The molecule has 0 saturated carbocycles. The Morgan fingerprint density at radius 3 is 2.94 bits per heavy atom.